The molecule has 2 aromatic carbocycles. The molecular formula is C19H16ClN3O. The molecule has 5 heteroatoms. The molecule has 0 unspecified atom stereocenters. The average Bonchev–Trinajstić information content (AvgIpc) is 3.18. The van der Waals surface area contributed by atoms with Crippen molar-refractivity contribution in [2.45, 2.75) is 13.0 Å². The van der Waals surface area contributed by atoms with Crippen LogP contribution in [0.2, 0.25) is 5.02 Å². The number of carbonyl (C=O) groups is 1. The van der Waals surface area contributed by atoms with E-state index in [0.29, 0.717) is 18.0 Å². The fourth-order valence-corrected chi connectivity index (χ4v) is 3.09. The van der Waals surface area contributed by atoms with Gasteiger partial charge in [0.1, 0.15) is 0 Å². The zero-order chi connectivity index (χ0) is 16.5. The highest BCUT2D eigenvalue weighted by atomic mass is 35.5. The quantitative estimate of drug-likeness (QED) is 0.552. The highest BCUT2D eigenvalue weighted by Crippen LogP contribution is 2.21. The number of aryl methyl sites for hydroxylation is 1. The molecule has 0 saturated carbocycles. The minimum absolute atomic E-state index is 0.00946. The Balaban J connectivity index is 1.44. The summed E-state index contributed by atoms with van der Waals surface area (Å²) in [5, 5.41) is 5.90. The molecule has 0 radical (unpaired) electrons. The summed E-state index contributed by atoms with van der Waals surface area (Å²) < 4.78 is 2.05. The highest BCUT2D eigenvalue weighted by molar-refractivity contribution is 6.31. The van der Waals surface area contributed by atoms with Crippen LogP contribution in [0.1, 0.15) is 6.42 Å². The first kappa shape index (κ1) is 14.8. The van der Waals surface area contributed by atoms with Gasteiger partial charge in [-0.2, -0.15) is 0 Å². The predicted molar refractivity (Wildman–Crippen MR) is 98.5 cm³/mol. The number of carbonyl (C=O) groups excluding carboxylic acids is 1. The molecule has 0 saturated heterocycles. The van der Waals surface area contributed by atoms with Crippen LogP contribution in [-0.2, 0) is 11.3 Å². The third-order valence-corrected chi connectivity index (χ3v) is 4.39. The van der Waals surface area contributed by atoms with Gasteiger partial charge in [-0.05, 0) is 47.2 Å². The van der Waals surface area contributed by atoms with E-state index in [4.69, 9.17) is 11.6 Å². The second-order valence-corrected chi connectivity index (χ2v) is 6.23. The van der Waals surface area contributed by atoms with E-state index in [-0.39, 0.29) is 5.91 Å². The Hall–Kier alpha value is -2.72. The summed E-state index contributed by atoms with van der Waals surface area (Å²) in [6, 6.07) is 15.7. The zero-order valence-electron chi connectivity index (χ0n) is 12.9. The van der Waals surface area contributed by atoms with Crippen LogP contribution in [0, 0.1) is 0 Å². The minimum atomic E-state index is -0.00946. The summed E-state index contributed by atoms with van der Waals surface area (Å²) in [6.07, 6.45) is 4.27. The first-order valence-electron chi connectivity index (χ1n) is 7.80. The van der Waals surface area contributed by atoms with Crippen molar-refractivity contribution in [2.75, 3.05) is 5.32 Å². The van der Waals surface area contributed by atoms with Gasteiger partial charge in [0.2, 0.25) is 5.91 Å². The lowest BCUT2D eigenvalue weighted by Crippen LogP contribution is -2.14. The molecule has 4 rings (SSSR count). The van der Waals surface area contributed by atoms with E-state index >= 15 is 0 Å². The summed E-state index contributed by atoms with van der Waals surface area (Å²) in [7, 11) is 0. The Morgan fingerprint density at radius 2 is 1.96 bits per heavy atom. The topological polar surface area (TPSA) is 49.8 Å². The van der Waals surface area contributed by atoms with Gasteiger partial charge in [-0.3, -0.25) is 4.79 Å². The molecule has 0 fully saturated rings. The van der Waals surface area contributed by atoms with Crippen molar-refractivity contribution in [3.05, 3.63) is 65.9 Å². The van der Waals surface area contributed by atoms with Gasteiger partial charge in [-0.15, -0.1) is 0 Å². The van der Waals surface area contributed by atoms with Crippen LogP contribution in [0.25, 0.3) is 21.8 Å². The number of H-pyrrole nitrogens is 1. The summed E-state index contributed by atoms with van der Waals surface area (Å²) in [5.41, 5.74) is 2.86. The number of nitrogens with one attached hydrogen (secondary N) is 2. The number of benzene rings is 2. The Morgan fingerprint density at radius 1 is 1.08 bits per heavy atom. The molecular weight excluding hydrogens is 322 g/mol. The number of anilines is 1. The summed E-state index contributed by atoms with van der Waals surface area (Å²) in [6.45, 7) is 0.612. The normalized spacial score (nSPS) is 11.2. The Kier molecular flexibility index (Phi) is 3.75. The Labute approximate surface area is 144 Å². The Morgan fingerprint density at radius 3 is 2.88 bits per heavy atom. The maximum atomic E-state index is 12.2. The van der Waals surface area contributed by atoms with Gasteiger partial charge in [-0.1, -0.05) is 23.7 Å². The van der Waals surface area contributed by atoms with E-state index in [9.17, 15) is 4.79 Å². The fourth-order valence-electron chi connectivity index (χ4n) is 2.92. The second kappa shape index (κ2) is 6.06. The van der Waals surface area contributed by atoms with Crippen molar-refractivity contribution < 1.29 is 4.79 Å². The lowest BCUT2D eigenvalue weighted by molar-refractivity contribution is -0.116. The Bertz CT molecular complexity index is 1030. The maximum Gasteiger partial charge on any atom is 0.226 e. The molecule has 0 bridgehead atoms. The van der Waals surface area contributed by atoms with Gasteiger partial charge < -0.3 is 14.9 Å². The van der Waals surface area contributed by atoms with Crippen molar-refractivity contribution >= 4 is 45.0 Å². The van der Waals surface area contributed by atoms with Gasteiger partial charge in [0, 0.05) is 47.1 Å². The van der Waals surface area contributed by atoms with Crippen LogP contribution in [0.15, 0.2) is 60.9 Å². The molecule has 120 valence electrons. The van der Waals surface area contributed by atoms with Crippen molar-refractivity contribution in [2.24, 2.45) is 0 Å². The molecule has 2 N–H and O–H groups in total. The lowest BCUT2D eigenvalue weighted by Gasteiger charge is -2.08. The number of hydrogen-bond donors (Lipinski definition) is 2. The zero-order valence-corrected chi connectivity index (χ0v) is 13.7. The number of aromatic amines is 1. The molecule has 1 amide bonds. The van der Waals surface area contributed by atoms with Crippen LogP contribution in [-0.4, -0.2) is 15.5 Å². The monoisotopic (exact) mass is 337 g/mol. The molecule has 0 atom stereocenters. The van der Waals surface area contributed by atoms with Gasteiger partial charge in [0.25, 0.3) is 0 Å². The maximum absolute atomic E-state index is 12.2. The summed E-state index contributed by atoms with van der Waals surface area (Å²) in [4.78, 5) is 15.4. The van der Waals surface area contributed by atoms with Crippen LogP contribution in [0.3, 0.4) is 0 Å². The lowest BCUT2D eigenvalue weighted by atomic mass is 10.2. The number of hydrogen-bond acceptors (Lipinski definition) is 1. The largest absolute Gasteiger partial charge is 0.361 e. The van der Waals surface area contributed by atoms with Crippen LogP contribution in [0.5, 0.6) is 0 Å². The van der Waals surface area contributed by atoms with E-state index in [2.05, 4.69) is 14.9 Å². The SMILES string of the molecule is O=C(CCn1ccc2ccc(Cl)cc21)Nc1ccc2cc[nH]c2c1. The molecule has 2 aromatic heterocycles. The third kappa shape index (κ3) is 2.88. The van der Waals surface area contributed by atoms with E-state index < -0.39 is 0 Å². The third-order valence-electron chi connectivity index (χ3n) is 4.15. The number of nitrogens with zero attached hydrogens (tertiary/aromatic N) is 1. The number of halogens is 1. The van der Waals surface area contributed by atoms with E-state index in [1.165, 1.54) is 0 Å². The van der Waals surface area contributed by atoms with Crippen LogP contribution < -0.4 is 5.32 Å². The number of fused-ring (bicyclic) bond motifs is 2. The van der Waals surface area contributed by atoms with Gasteiger partial charge in [0.15, 0.2) is 0 Å². The van der Waals surface area contributed by atoms with Gasteiger partial charge in [0.05, 0.1) is 0 Å². The minimum Gasteiger partial charge on any atom is -0.361 e. The number of aromatic nitrogens is 2. The number of rotatable bonds is 4. The molecule has 0 aliphatic heterocycles. The predicted octanol–water partition coefficient (Wildman–Crippen LogP) is 4.80. The molecule has 0 aliphatic carbocycles. The smallest absolute Gasteiger partial charge is 0.226 e. The standard InChI is InChI=1S/C19H16ClN3O/c20-15-3-1-14-6-9-23(18(14)11-15)10-7-19(24)22-16-4-2-13-5-8-21-17(13)12-16/h1-6,8-9,11-12,21H,7,10H2,(H,22,24). The second-order valence-electron chi connectivity index (χ2n) is 5.79. The highest BCUT2D eigenvalue weighted by Gasteiger charge is 2.06. The van der Waals surface area contributed by atoms with Crippen molar-refractivity contribution in [1.29, 1.82) is 0 Å². The number of amides is 1. The molecule has 4 nitrogen and oxygen atoms in total. The van der Waals surface area contributed by atoms with Gasteiger partial charge in [-0.25, -0.2) is 0 Å². The first-order valence-corrected chi connectivity index (χ1v) is 8.18. The molecule has 24 heavy (non-hydrogen) atoms. The summed E-state index contributed by atoms with van der Waals surface area (Å²) in [5.74, 6) is -0.00946. The van der Waals surface area contributed by atoms with Crippen molar-refractivity contribution in [3.8, 4) is 0 Å². The molecule has 0 aliphatic rings. The fraction of sp³-hybridized carbons (Fsp3) is 0.105. The molecule has 4 aromatic rings. The van der Waals surface area contributed by atoms with E-state index in [1.54, 1.807) is 0 Å². The van der Waals surface area contributed by atoms with Crippen LogP contribution >= 0.6 is 11.6 Å². The first-order chi connectivity index (χ1) is 11.7. The average molecular weight is 338 g/mol. The molecule has 0 spiro atoms. The van der Waals surface area contributed by atoms with E-state index in [0.717, 1.165) is 27.5 Å². The summed E-state index contributed by atoms with van der Waals surface area (Å²) >= 11 is 6.06. The van der Waals surface area contributed by atoms with Gasteiger partial charge >= 0.3 is 0 Å². The van der Waals surface area contributed by atoms with Crippen LogP contribution in [0.4, 0.5) is 5.69 Å². The van der Waals surface area contributed by atoms with Crippen molar-refractivity contribution in [1.82, 2.24) is 9.55 Å². The van der Waals surface area contributed by atoms with E-state index in [1.807, 2.05) is 60.9 Å². The van der Waals surface area contributed by atoms with Crippen molar-refractivity contribution in [3.63, 3.8) is 0 Å². The molecule has 2 heterocycles.